The second-order valence-corrected chi connectivity index (χ2v) is 4.73. The van der Waals surface area contributed by atoms with Gasteiger partial charge < -0.3 is 10.4 Å². The van der Waals surface area contributed by atoms with E-state index in [0.717, 1.165) is 19.3 Å². The highest BCUT2D eigenvalue weighted by Gasteiger charge is 1.94. The first-order chi connectivity index (χ1) is 8.77. The Labute approximate surface area is 112 Å². The van der Waals surface area contributed by atoms with Crippen LogP contribution in [0.2, 0.25) is 0 Å². The van der Waals surface area contributed by atoms with E-state index < -0.39 is 6.09 Å². The van der Waals surface area contributed by atoms with E-state index in [1.165, 1.54) is 44.9 Å². The number of hydrogen-bond acceptors (Lipinski definition) is 1. The lowest BCUT2D eigenvalue weighted by molar-refractivity contribution is 0.194. The van der Waals surface area contributed by atoms with Crippen molar-refractivity contribution in [2.24, 2.45) is 0 Å². The molecule has 0 atom stereocenters. The number of rotatable bonds is 12. The summed E-state index contributed by atoms with van der Waals surface area (Å²) in [5, 5.41) is 10.8. The van der Waals surface area contributed by atoms with Gasteiger partial charge in [0.1, 0.15) is 0 Å². The van der Waals surface area contributed by atoms with E-state index in [9.17, 15) is 4.79 Å². The fourth-order valence-electron chi connectivity index (χ4n) is 1.93. The van der Waals surface area contributed by atoms with Crippen LogP contribution in [0.3, 0.4) is 0 Å². The topological polar surface area (TPSA) is 49.3 Å². The van der Waals surface area contributed by atoms with Crippen LogP contribution in [-0.2, 0) is 0 Å². The molecule has 0 aromatic carbocycles. The van der Waals surface area contributed by atoms with E-state index in [4.69, 9.17) is 5.11 Å². The van der Waals surface area contributed by atoms with Crippen LogP contribution in [0.15, 0.2) is 12.2 Å². The van der Waals surface area contributed by atoms with Gasteiger partial charge in [0.05, 0.1) is 0 Å². The van der Waals surface area contributed by atoms with Crippen molar-refractivity contribution in [1.29, 1.82) is 0 Å². The molecule has 3 nitrogen and oxygen atoms in total. The van der Waals surface area contributed by atoms with Crippen LogP contribution in [0.5, 0.6) is 0 Å². The van der Waals surface area contributed by atoms with Crippen molar-refractivity contribution in [3.05, 3.63) is 12.2 Å². The zero-order valence-corrected chi connectivity index (χ0v) is 11.8. The Balaban J connectivity index is 2.99. The van der Waals surface area contributed by atoms with Gasteiger partial charge in [-0.1, -0.05) is 57.6 Å². The van der Waals surface area contributed by atoms with Crippen molar-refractivity contribution in [1.82, 2.24) is 5.32 Å². The lowest BCUT2D eigenvalue weighted by Crippen LogP contribution is -2.21. The maximum absolute atomic E-state index is 10.2. The van der Waals surface area contributed by atoms with E-state index >= 15 is 0 Å². The Morgan fingerprint density at radius 3 is 2.06 bits per heavy atom. The Morgan fingerprint density at radius 1 is 0.944 bits per heavy atom. The Kier molecular flexibility index (Phi) is 13.3. The smallest absolute Gasteiger partial charge is 0.404 e. The number of allylic oxidation sites excluding steroid dienone is 2. The lowest BCUT2D eigenvalue weighted by atomic mass is 10.1. The van der Waals surface area contributed by atoms with Gasteiger partial charge in [-0.3, -0.25) is 0 Å². The molecule has 0 fully saturated rings. The van der Waals surface area contributed by atoms with Crippen LogP contribution in [0.1, 0.15) is 71.1 Å². The number of hydrogen-bond donors (Lipinski definition) is 2. The average Bonchev–Trinajstić information content (AvgIpc) is 2.34. The number of unbranched alkanes of at least 4 members (excludes halogenated alkanes) is 8. The van der Waals surface area contributed by atoms with Crippen molar-refractivity contribution in [3.63, 3.8) is 0 Å². The van der Waals surface area contributed by atoms with E-state index in [2.05, 4.69) is 24.4 Å². The van der Waals surface area contributed by atoms with Crippen LogP contribution in [-0.4, -0.2) is 17.7 Å². The van der Waals surface area contributed by atoms with Crippen molar-refractivity contribution in [2.45, 2.75) is 71.1 Å². The zero-order valence-electron chi connectivity index (χ0n) is 11.8. The largest absolute Gasteiger partial charge is 0.465 e. The van der Waals surface area contributed by atoms with Gasteiger partial charge in [-0.15, -0.1) is 0 Å². The van der Waals surface area contributed by atoms with Gasteiger partial charge in [0.25, 0.3) is 0 Å². The van der Waals surface area contributed by atoms with Gasteiger partial charge in [-0.25, -0.2) is 4.79 Å². The highest BCUT2D eigenvalue weighted by Crippen LogP contribution is 2.09. The van der Waals surface area contributed by atoms with Crippen LogP contribution in [0.25, 0.3) is 0 Å². The summed E-state index contributed by atoms with van der Waals surface area (Å²) in [5.41, 5.74) is 0. The summed E-state index contributed by atoms with van der Waals surface area (Å²) < 4.78 is 0. The summed E-state index contributed by atoms with van der Waals surface area (Å²) >= 11 is 0. The van der Waals surface area contributed by atoms with Gasteiger partial charge in [-0.05, 0) is 25.7 Å². The first kappa shape index (κ1) is 17.0. The number of carbonyl (C=O) groups is 1. The molecule has 0 aromatic heterocycles. The standard InChI is InChI=1S/C15H29NO2/c1-2-3-4-5-6-7-8-9-10-11-12-13-14-16-15(17)18/h3-4,16H,2,5-14H2,1H3,(H,17,18). The van der Waals surface area contributed by atoms with Gasteiger partial charge >= 0.3 is 6.09 Å². The van der Waals surface area contributed by atoms with Gasteiger partial charge in [0.2, 0.25) is 0 Å². The third kappa shape index (κ3) is 15.0. The SMILES string of the molecule is CCC=CCCCCCCCCCCNC(=O)O. The van der Waals surface area contributed by atoms with Crippen molar-refractivity contribution in [3.8, 4) is 0 Å². The lowest BCUT2D eigenvalue weighted by Gasteiger charge is -2.02. The summed E-state index contributed by atoms with van der Waals surface area (Å²) in [6.45, 7) is 2.77. The van der Waals surface area contributed by atoms with E-state index in [1.807, 2.05) is 0 Å². The number of amides is 1. The first-order valence-electron chi connectivity index (χ1n) is 7.39. The highest BCUT2D eigenvalue weighted by atomic mass is 16.4. The Bertz CT molecular complexity index is 215. The third-order valence-electron chi connectivity index (χ3n) is 2.98. The number of nitrogens with one attached hydrogen (secondary N) is 1. The third-order valence-corrected chi connectivity index (χ3v) is 2.98. The summed E-state index contributed by atoms with van der Waals surface area (Å²) in [5.74, 6) is 0. The minimum Gasteiger partial charge on any atom is -0.465 e. The molecule has 18 heavy (non-hydrogen) atoms. The second-order valence-electron chi connectivity index (χ2n) is 4.73. The fraction of sp³-hybridized carbons (Fsp3) is 0.800. The van der Waals surface area contributed by atoms with Crippen LogP contribution in [0.4, 0.5) is 4.79 Å². The monoisotopic (exact) mass is 255 g/mol. The van der Waals surface area contributed by atoms with E-state index in [-0.39, 0.29) is 0 Å². The minimum atomic E-state index is -0.910. The van der Waals surface area contributed by atoms with Gasteiger partial charge in [-0.2, -0.15) is 0 Å². The molecule has 1 amide bonds. The zero-order chi connectivity index (χ0) is 13.5. The molecule has 0 aliphatic rings. The molecule has 2 N–H and O–H groups in total. The quantitative estimate of drug-likeness (QED) is 0.391. The molecule has 0 radical (unpaired) electrons. The Morgan fingerprint density at radius 2 is 1.50 bits per heavy atom. The molecule has 0 saturated carbocycles. The van der Waals surface area contributed by atoms with E-state index in [0.29, 0.717) is 6.54 Å². The summed E-state index contributed by atoms with van der Waals surface area (Å²) in [4.78, 5) is 10.2. The molecule has 0 aliphatic carbocycles. The number of carboxylic acid groups (broad SMARTS) is 1. The molecule has 0 aliphatic heterocycles. The molecule has 3 heteroatoms. The van der Waals surface area contributed by atoms with Crippen molar-refractivity contribution < 1.29 is 9.90 Å². The fourth-order valence-corrected chi connectivity index (χ4v) is 1.93. The average molecular weight is 255 g/mol. The van der Waals surface area contributed by atoms with Gasteiger partial charge in [0.15, 0.2) is 0 Å². The molecule has 0 heterocycles. The summed E-state index contributed by atoms with van der Waals surface area (Å²) in [6.07, 6.45) is 16.0. The molecule has 0 rings (SSSR count). The molecule has 0 bridgehead atoms. The molecule has 106 valence electrons. The maximum atomic E-state index is 10.2. The summed E-state index contributed by atoms with van der Waals surface area (Å²) in [6, 6.07) is 0. The van der Waals surface area contributed by atoms with Gasteiger partial charge in [0, 0.05) is 6.54 Å². The molecular formula is C15H29NO2. The van der Waals surface area contributed by atoms with Crippen LogP contribution < -0.4 is 5.32 Å². The molecule has 0 spiro atoms. The normalized spacial score (nSPS) is 10.9. The maximum Gasteiger partial charge on any atom is 0.404 e. The van der Waals surface area contributed by atoms with Crippen LogP contribution in [0, 0.1) is 0 Å². The first-order valence-corrected chi connectivity index (χ1v) is 7.39. The predicted octanol–water partition coefficient (Wildman–Crippen LogP) is 4.73. The molecular weight excluding hydrogens is 226 g/mol. The second kappa shape index (κ2) is 14.1. The minimum absolute atomic E-state index is 0.596. The summed E-state index contributed by atoms with van der Waals surface area (Å²) in [7, 11) is 0. The Hall–Kier alpha value is -0.990. The predicted molar refractivity (Wildman–Crippen MR) is 77.0 cm³/mol. The van der Waals surface area contributed by atoms with Crippen LogP contribution >= 0.6 is 0 Å². The molecule has 0 unspecified atom stereocenters. The highest BCUT2D eigenvalue weighted by molar-refractivity contribution is 5.64. The van der Waals surface area contributed by atoms with Crippen molar-refractivity contribution in [2.75, 3.05) is 6.54 Å². The molecule has 0 aromatic rings. The molecule has 0 saturated heterocycles. The van der Waals surface area contributed by atoms with E-state index in [1.54, 1.807) is 0 Å². The van der Waals surface area contributed by atoms with Crippen molar-refractivity contribution >= 4 is 6.09 Å².